The molecule has 0 aliphatic rings. The maximum Gasteiger partial charge on any atom is 0.264 e. The quantitative estimate of drug-likeness (QED) is 0.287. The summed E-state index contributed by atoms with van der Waals surface area (Å²) in [6, 6.07) is 15.5. The fraction of sp³-hybridized carbons (Fsp3) is 0.0870. The summed E-state index contributed by atoms with van der Waals surface area (Å²) in [5.41, 5.74) is 3.19. The Bertz CT molecular complexity index is 1370. The molecule has 33 heavy (non-hydrogen) atoms. The average Bonchev–Trinajstić information content (AvgIpc) is 3.18. The molecular weight excluding hydrogens is 505 g/mol. The first-order valence-corrected chi connectivity index (χ1v) is 11.2. The number of rotatable bonds is 5. The Morgan fingerprint density at radius 1 is 1.06 bits per heavy atom. The summed E-state index contributed by atoms with van der Waals surface area (Å²) in [6.45, 7) is 1.65. The number of hydrogen-bond donors (Lipinski definition) is 2. The lowest BCUT2D eigenvalue weighted by molar-refractivity contribution is -0.121. The van der Waals surface area contributed by atoms with Gasteiger partial charge in [0.1, 0.15) is 11.3 Å². The van der Waals surface area contributed by atoms with Gasteiger partial charge in [-0.25, -0.2) is 4.98 Å². The Morgan fingerprint density at radius 2 is 1.82 bits per heavy atom. The van der Waals surface area contributed by atoms with Gasteiger partial charge in [-0.05, 0) is 79.3 Å². The number of hydrogen-bond acceptors (Lipinski definition) is 5. The van der Waals surface area contributed by atoms with Crippen LogP contribution in [-0.2, 0) is 4.79 Å². The van der Waals surface area contributed by atoms with Crippen LogP contribution in [0, 0.1) is 6.92 Å². The molecule has 0 unspecified atom stereocenters. The highest BCUT2D eigenvalue weighted by Crippen LogP contribution is 2.32. The van der Waals surface area contributed by atoms with E-state index in [4.69, 9.17) is 56.2 Å². The molecule has 0 aliphatic heterocycles. The molecule has 4 aromatic rings. The van der Waals surface area contributed by atoms with E-state index in [0.29, 0.717) is 49.1 Å². The molecular formula is C23H16Cl3N3O3S. The number of nitrogens with one attached hydrogen (secondary N) is 2. The number of anilines is 1. The lowest BCUT2D eigenvalue weighted by Gasteiger charge is -2.11. The minimum Gasteiger partial charge on any atom is -0.483 e. The molecule has 1 aromatic heterocycles. The second-order valence-corrected chi connectivity index (χ2v) is 8.71. The Hall–Kier alpha value is -2.84. The number of thiocarbonyl (C=S) groups is 1. The fourth-order valence-corrected chi connectivity index (χ4v) is 3.85. The highest BCUT2D eigenvalue weighted by atomic mass is 35.5. The number of halogens is 3. The Labute approximate surface area is 209 Å². The first-order valence-electron chi connectivity index (χ1n) is 9.64. The van der Waals surface area contributed by atoms with Crippen molar-refractivity contribution in [3.8, 4) is 17.2 Å². The molecule has 0 radical (unpaired) electrons. The SMILES string of the molecule is Cc1cc(Cl)ccc1OCC(=O)NC(=S)Nc1ccc2oc(-c3cc(Cl)ccc3Cl)nc2c1. The maximum atomic E-state index is 12.2. The molecule has 0 spiro atoms. The highest BCUT2D eigenvalue weighted by molar-refractivity contribution is 7.80. The number of nitrogens with zero attached hydrogens (tertiary/aromatic N) is 1. The summed E-state index contributed by atoms with van der Waals surface area (Å²) in [6.07, 6.45) is 0. The van der Waals surface area contributed by atoms with Crippen LogP contribution < -0.4 is 15.4 Å². The van der Waals surface area contributed by atoms with Crippen LogP contribution in [0.3, 0.4) is 0 Å². The molecule has 4 rings (SSSR count). The van der Waals surface area contributed by atoms with Crippen LogP contribution in [0.4, 0.5) is 5.69 Å². The predicted molar refractivity (Wildman–Crippen MR) is 136 cm³/mol. The van der Waals surface area contributed by atoms with Gasteiger partial charge in [0.25, 0.3) is 5.91 Å². The zero-order valence-corrected chi connectivity index (χ0v) is 20.2. The minimum absolute atomic E-state index is 0.123. The van der Waals surface area contributed by atoms with Gasteiger partial charge in [-0.3, -0.25) is 10.1 Å². The number of carbonyl (C=O) groups is 1. The number of amides is 1. The van der Waals surface area contributed by atoms with E-state index in [1.165, 1.54) is 0 Å². The van der Waals surface area contributed by atoms with Crippen molar-refractivity contribution in [2.24, 2.45) is 0 Å². The third-order valence-corrected chi connectivity index (χ3v) is 5.56. The highest BCUT2D eigenvalue weighted by Gasteiger charge is 2.14. The van der Waals surface area contributed by atoms with E-state index in [1.807, 2.05) is 6.92 Å². The van der Waals surface area contributed by atoms with E-state index in [9.17, 15) is 4.79 Å². The van der Waals surface area contributed by atoms with E-state index < -0.39 is 5.91 Å². The predicted octanol–water partition coefficient (Wildman–Crippen LogP) is 6.66. The molecule has 0 atom stereocenters. The minimum atomic E-state index is -0.401. The maximum absolute atomic E-state index is 12.2. The van der Waals surface area contributed by atoms with Crippen LogP contribution in [0.1, 0.15) is 5.56 Å². The van der Waals surface area contributed by atoms with E-state index in [1.54, 1.807) is 54.6 Å². The van der Waals surface area contributed by atoms with Gasteiger partial charge < -0.3 is 14.5 Å². The zero-order chi connectivity index (χ0) is 23.5. The summed E-state index contributed by atoms with van der Waals surface area (Å²) in [5, 5.41) is 7.25. The van der Waals surface area contributed by atoms with Gasteiger partial charge in [0.15, 0.2) is 17.3 Å². The van der Waals surface area contributed by atoms with Crippen molar-refractivity contribution in [1.29, 1.82) is 0 Å². The number of carbonyl (C=O) groups excluding carboxylic acids is 1. The second-order valence-electron chi connectivity index (χ2n) is 7.03. The standard InChI is InChI=1S/C23H16Cl3N3O3S/c1-12-8-13(24)3-6-19(12)31-11-21(30)29-23(33)27-15-4-7-20-18(10-15)28-22(32-20)16-9-14(25)2-5-17(16)26/h2-10H,11H2,1H3,(H2,27,29,30,33). The monoisotopic (exact) mass is 519 g/mol. The molecule has 0 saturated carbocycles. The van der Waals surface area contributed by atoms with Crippen molar-refractivity contribution in [1.82, 2.24) is 10.3 Å². The molecule has 0 fully saturated rings. The van der Waals surface area contributed by atoms with E-state index in [2.05, 4.69) is 15.6 Å². The molecule has 0 bridgehead atoms. The number of ether oxygens (including phenoxy) is 1. The Kier molecular flexibility index (Phi) is 7.05. The lowest BCUT2D eigenvalue weighted by Crippen LogP contribution is -2.37. The average molecular weight is 521 g/mol. The zero-order valence-electron chi connectivity index (χ0n) is 17.1. The number of oxazole rings is 1. The normalized spacial score (nSPS) is 10.8. The lowest BCUT2D eigenvalue weighted by atomic mass is 10.2. The first kappa shape index (κ1) is 23.3. The van der Waals surface area contributed by atoms with Gasteiger partial charge in [0.05, 0.1) is 10.6 Å². The van der Waals surface area contributed by atoms with Crippen molar-refractivity contribution in [3.05, 3.63) is 75.2 Å². The molecule has 168 valence electrons. The van der Waals surface area contributed by atoms with Crippen molar-refractivity contribution in [2.45, 2.75) is 6.92 Å². The van der Waals surface area contributed by atoms with Gasteiger partial charge in [-0.1, -0.05) is 34.8 Å². The summed E-state index contributed by atoms with van der Waals surface area (Å²) in [4.78, 5) is 16.7. The van der Waals surface area contributed by atoms with Crippen LogP contribution in [-0.4, -0.2) is 22.6 Å². The van der Waals surface area contributed by atoms with Gasteiger partial charge in [0.2, 0.25) is 5.89 Å². The third-order valence-electron chi connectivity index (χ3n) is 4.55. The molecule has 6 nitrogen and oxygen atoms in total. The smallest absolute Gasteiger partial charge is 0.264 e. The fourth-order valence-electron chi connectivity index (χ4n) is 3.02. The van der Waals surface area contributed by atoms with Crippen LogP contribution in [0.2, 0.25) is 15.1 Å². The number of aromatic nitrogens is 1. The summed E-state index contributed by atoms with van der Waals surface area (Å²) in [7, 11) is 0. The Balaban J connectivity index is 1.39. The largest absolute Gasteiger partial charge is 0.483 e. The Morgan fingerprint density at radius 3 is 2.61 bits per heavy atom. The third kappa shape index (κ3) is 5.75. The van der Waals surface area contributed by atoms with Crippen molar-refractivity contribution in [2.75, 3.05) is 11.9 Å². The number of fused-ring (bicyclic) bond motifs is 1. The van der Waals surface area contributed by atoms with Crippen molar-refractivity contribution in [3.63, 3.8) is 0 Å². The molecule has 0 saturated heterocycles. The molecule has 2 N–H and O–H groups in total. The van der Waals surface area contributed by atoms with Crippen LogP contribution >= 0.6 is 47.0 Å². The summed E-state index contributed by atoms with van der Waals surface area (Å²) < 4.78 is 11.3. The van der Waals surface area contributed by atoms with Crippen LogP contribution in [0.15, 0.2) is 59.0 Å². The molecule has 10 heteroatoms. The van der Waals surface area contributed by atoms with Gasteiger partial charge in [-0.2, -0.15) is 0 Å². The van der Waals surface area contributed by atoms with E-state index in [0.717, 1.165) is 5.56 Å². The van der Waals surface area contributed by atoms with E-state index >= 15 is 0 Å². The van der Waals surface area contributed by atoms with Gasteiger partial charge in [-0.15, -0.1) is 0 Å². The topological polar surface area (TPSA) is 76.4 Å². The first-order chi connectivity index (χ1) is 15.8. The number of benzene rings is 3. The van der Waals surface area contributed by atoms with Crippen molar-refractivity contribution < 1.29 is 13.9 Å². The second kappa shape index (κ2) is 9.97. The molecule has 1 amide bonds. The molecule has 3 aromatic carbocycles. The van der Waals surface area contributed by atoms with Gasteiger partial charge >= 0.3 is 0 Å². The van der Waals surface area contributed by atoms with Crippen LogP contribution in [0.25, 0.3) is 22.6 Å². The number of aryl methyl sites for hydroxylation is 1. The molecule has 0 aliphatic carbocycles. The molecule has 1 heterocycles. The van der Waals surface area contributed by atoms with E-state index in [-0.39, 0.29) is 11.7 Å². The summed E-state index contributed by atoms with van der Waals surface area (Å²) >= 11 is 23.5. The van der Waals surface area contributed by atoms with Crippen molar-refractivity contribution >= 4 is 74.8 Å². The van der Waals surface area contributed by atoms with Gasteiger partial charge in [0, 0.05) is 15.7 Å². The summed E-state index contributed by atoms with van der Waals surface area (Å²) in [5.74, 6) is 0.517. The van der Waals surface area contributed by atoms with Crippen LogP contribution in [0.5, 0.6) is 5.75 Å².